The summed E-state index contributed by atoms with van der Waals surface area (Å²) in [5.74, 6) is 0.737. The minimum absolute atomic E-state index is 0.115. The second-order valence-electron chi connectivity index (χ2n) is 4.98. The molecule has 2 rings (SSSR count). The lowest BCUT2D eigenvalue weighted by Crippen LogP contribution is -2.23. The van der Waals surface area contributed by atoms with Crippen molar-refractivity contribution in [2.75, 3.05) is 13.7 Å². The number of benzene rings is 1. The van der Waals surface area contributed by atoms with Crippen molar-refractivity contribution in [2.45, 2.75) is 13.3 Å². The van der Waals surface area contributed by atoms with Crippen LogP contribution in [0.5, 0.6) is 5.75 Å². The number of aryl methyl sites for hydroxylation is 1. The third-order valence-electron chi connectivity index (χ3n) is 3.24. The Morgan fingerprint density at radius 2 is 2.23 bits per heavy atom. The lowest BCUT2D eigenvalue weighted by molar-refractivity contribution is -0.116. The van der Waals surface area contributed by atoms with Gasteiger partial charge in [0.1, 0.15) is 5.75 Å². The molecule has 1 aromatic carbocycles. The van der Waals surface area contributed by atoms with Crippen molar-refractivity contribution in [3.63, 3.8) is 0 Å². The van der Waals surface area contributed by atoms with Crippen molar-refractivity contribution in [1.29, 1.82) is 0 Å². The number of pyridine rings is 1. The molecule has 0 spiro atoms. The second kappa shape index (κ2) is 7.98. The number of carbonyl (C=O) groups excluding carboxylic acids is 1. The van der Waals surface area contributed by atoms with Crippen molar-refractivity contribution < 1.29 is 9.53 Å². The van der Waals surface area contributed by atoms with Crippen molar-refractivity contribution in [3.8, 4) is 5.75 Å². The number of carbonyl (C=O) groups is 1. The van der Waals surface area contributed by atoms with Crippen molar-refractivity contribution in [1.82, 2.24) is 10.3 Å². The van der Waals surface area contributed by atoms with E-state index in [-0.39, 0.29) is 5.91 Å². The average Bonchev–Trinajstić information content (AvgIpc) is 2.54. The summed E-state index contributed by atoms with van der Waals surface area (Å²) >= 11 is 0. The fourth-order valence-electron chi connectivity index (χ4n) is 2.13. The topological polar surface area (TPSA) is 51.2 Å². The number of nitrogens with one attached hydrogen (secondary N) is 1. The first-order valence-electron chi connectivity index (χ1n) is 7.18. The molecule has 4 heteroatoms. The first kappa shape index (κ1) is 15.8. The van der Waals surface area contributed by atoms with Gasteiger partial charge in [0.05, 0.1) is 7.11 Å². The largest absolute Gasteiger partial charge is 0.496 e. The summed E-state index contributed by atoms with van der Waals surface area (Å²) in [6.07, 6.45) is 7.41. The van der Waals surface area contributed by atoms with E-state index in [4.69, 9.17) is 4.74 Å². The van der Waals surface area contributed by atoms with Crippen molar-refractivity contribution in [2.24, 2.45) is 0 Å². The molecule has 4 nitrogen and oxygen atoms in total. The van der Waals surface area contributed by atoms with Gasteiger partial charge in [-0.25, -0.2) is 0 Å². The van der Waals surface area contributed by atoms with Crippen LogP contribution in [-0.4, -0.2) is 24.5 Å². The Hall–Kier alpha value is -2.62. The number of rotatable bonds is 6. The van der Waals surface area contributed by atoms with Gasteiger partial charge in [-0.15, -0.1) is 0 Å². The maximum Gasteiger partial charge on any atom is 0.244 e. The number of nitrogens with zero attached hydrogens (tertiary/aromatic N) is 1. The van der Waals surface area contributed by atoms with Crippen LogP contribution in [-0.2, 0) is 11.2 Å². The summed E-state index contributed by atoms with van der Waals surface area (Å²) < 4.78 is 5.33. The maximum absolute atomic E-state index is 11.8. The molecule has 0 fully saturated rings. The van der Waals surface area contributed by atoms with E-state index in [1.807, 2.05) is 31.2 Å². The molecule has 0 unspecified atom stereocenters. The number of ether oxygens (including phenoxy) is 1. The fourth-order valence-corrected chi connectivity index (χ4v) is 2.13. The van der Waals surface area contributed by atoms with Gasteiger partial charge in [0.15, 0.2) is 0 Å². The van der Waals surface area contributed by atoms with E-state index in [0.717, 1.165) is 23.3 Å². The predicted octanol–water partition coefficient (Wildman–Crippen LogP) is 2.77. The van der Waals surface area contributed by atoms with E-state index < -0.39 is 0 Å². The average molecular weight is 296 g/mol. The van der Waals surface area contributed by atoms with E-state index in [9.17, 15) is 4.79 Å². The molecule has 22 heavy (non-hydrogen) atoms. The van der Waals surface area contributed by atoms with Crippen LogP contribution >= 0.6 is 0 Å². The van der Waals surface area contributed by atoms with Gasteiger partial charge in [0, 0.05) is 25.0 Å². The Morgan fingerprint density at radius 3 is 2.95 bits per heavy atom. The van der Waals surface area contributed by atoms with Crippen LogP contribution in [0.4, 0.5) is 0 Å². The molecule has 2 aromatic rings. The van der Waals surface area contributed by atoms with Crippen LogP contribution in [0.15, 0.2) is 48.8 Å². The SMILES string of the molecule is COc1ccc(C)cc1CCNC(=O)/C=C/c1cccnc1. The van der Waals surface area contributed by atoms with Gasteiger partial charge in [-0.2, -0.15) is 0 Å². The monoisotopic (exact) mass is 296 g/mol. The molecular formula is C18H20N2O2. The van der Waals surface area contributed by atoms with Gasteiger partial charge in [-0.05, 0) is 42.7 Å². The zero-order valence-electron chi connectivity index (χ0n) is 12.9. The summed E-state index contributed by atoms with van der Waals surface area (Å²) in [5.41, 5.74) is 3.18. The van der Waals surface area contributed by atoms with Crippen LogP contribution in [0.1, 0.15) is 16.7 Å². The summed E-state index contributed by atoms with van der Waals surface area (Å²) in [4.78, 5) is 15.8. The zero-order valence-corrected chi connectivity index (χ0v) is 12.9. The third kappa shape index (κ3) is 4.74. The lowest BCUT2D eigenvalue weighted by atomic mass is 10.1. The first-order valence-corrected chi connectivity index (χ1v) is 7.18. The Balaban J connectivity index is 1.85. The Labute approximate surface area is 130 Å². The van der Waals surface area contributed by atoms with Gasteiger partial charge in [-0.3, -0.25) is 9.78 Å². The molecule has 1 N–H and O–H groups in total. The molecule has 0 saturated carbocycles. The van der Waals surface area contributed by atoms with Crippen LogP contribution < -0.4 is 10.1 Å². The zero-order chi connectivity index (χ0) is 15.8. The quantitative estimate of drug-likeness (QED) is 0.834. The van der Waals surface area contributed by atoms with Gasteiger partial charge >= 0.3 is 0 Å². The van der Waals surface area contributed by atoms with E-state index in [1.54, 1.807) is 25.6 Å². The lowest BCUT2D eigenvalue weighted by Gasteiger charge is -2.09. The minimum Gasteiger partial charge on any atom is -0.496 e. The molecule has 1 heterocycles. The summed E-state index contributed by atoms with van der Waals surface area (Å²) in [7, 11) is 1.66. The highest BCUT2D eigenvalue weighted by molar-refractivity contribution is 5.91. The van der Waals surface area contributed by atoms with Crippen LogP contribution in [0, 0.1) is 6.92 Å². The molecule has 114 valence electrons. The smallest absolute Gasteiger partial charge is 0.244 e. The van der Waals surface area contributed by atoms with Crippen molar-refractivity contribution in [3.05, 3.63) is 65.5 Å². The highest BCUT2D eigenvalue weighted by Gasteiger charge is 2.03. The van der Waals surface area contributed by atoms with Gasteiger partial charge < -0.3 is 10.1 Å². The van der Waals surface area contributed by atoms with Crippen LogP contribution in [0.25, 0.3) is 6.08 Å². The molecule has 0 bridgehead atoms. The van der Waals surface area contributed by atoms with E-state index >= 15 is 0 Å². The number of hydrogen-bond donors (Lipinski definition) is 1. The first-order chi connectivity index (χ1) is 10.7. The van der Waals surface area contributed by atoms with E-state index in [1.165, 1.54) is 11.6 Å². The Morgan fingerprint density at radius 1 is 1.36 bits per heavy atom. The van der Waals surface area contributed by atoms with E-state index in [2.05, 4.69) is 16.4 Å². The predicted molar refractivity (Wildman–Crippen MR) is 87.7 cm³/mol. The fraction of sp³-hybridized carbons (Fsp3) is 0.222. The molecule has 1 aromatic heterocycles. The van der Waals surface area contributed by atoms with Crippen LogP contribution in [0.2, 0.25) is 0 Å². The number of methoxy groups -OCH3 is 1. The number of aromatic nitrogens is 1. The molecule has 1 amide bonds. The van der Waals surface area contributed by atoms with Gasteiger partial charge in [-0.1, -0.05) is 23.8 Å². The van der Waals surface area contributed by atoms with Crippen molar-refractivity contribution >= 4 is 12.0 Å². The molecule has 0 radical (unpaired) electrons. The standard InChI is InChI=1S/C18H20N2O2/c1-14-5-7-17(22-2)16(12-14)9-11-20-18(21)8-6-15-4-3-10-19-13-15/h3-8,10,12-13H,9,11H2,1-2H3,(H,20,21)/b8-6+. The highest BCUT2D eigenvalue weighted by Crippen LogP contribution is 2.19. The van der Waals surface area contributed by atoms with Crippen LogP contribution in [0.3, 0.4) is 0 Å². The summed E-state index contributed by atoms with van der Waals surface area (Å²) in [6.45, 7) is 2.61. The highest BCUT2D eigenvalue weighted by atomic mass is 16.5. The minimum atomic E-state index is -0.115. The summed E-state index contributed by atoms with van der Waals surface area (Å²) in [6, 6.07) is 9.78. The number of hydrogen-bond acceptors (Lipinski definition) is 3. The van der Waals surface area contributed by atoms with Gasteiger partial charge in [0.25, 0.3) is 0 Å². The second-order valence-corrected chi connectivity index (χ2v) is 4.98. The third-order valence-corrected chi connectivity index (χ3v) is 3.24. The molecular weight excluding hydrogens is 276 g/mol. The Bertz CT molecular complexity index is 651. The molecule has 0 aliphatic carbocycles. The molecule has 0 atom stereocenters. The Kier molecular flexibility index (Phi) is 5.72. The van der Waals surface area contributed by atoms with Gasteiger partial charge in [0.2, 0.25) is 5.91 Å². The molecule has 0 saturated heterocycles. The number of amides is 1. The maximum atomic E-state index is 11.8. The van der Waals surface area contributed by atoms with E-state index in [0.29, 0.717) is 6.54 Å². The normalized spacial score (nSPS) is 10.6. The molecule has 0 aliphatic heterocycles. The molecule has 0 aliphatic rings. The summed E-state index contributed by atoms with van der Waals surface area (Å²) in [5, 5.41) is 2.87.